The number of carbonyl (C=O) groups is 1. The number of alkyl halides is 3. The first-order valence-corrected chi connectivity index (χ1v) is 12.7. The number of ether oxygens (including phenoxy) is 2. The first-order valence-electron chi connectivity index (χ1n) is 11.9. The zero-order chi connectivity index (χ0) is 26.6. The van der Waals surface area contributed by atoms with Crippen LogP contribution < -0.4 is 10.1 Å². The van der Waals surface area contributed by atoms with Crippen LogP contribution in [-0.2, 0) is 10.9 Å². The molecule has 4 rings (SSSR count). The summed E-state index contributed by atoms with van der Waals surface area (Å²) in [6.07, 6.45) is -0.832. The zero-order valence-electron chi connectivity index (χ0n) is 20.7. The molecule has 2 atom stereocenters. The van der Waals surface area contributed by atoms with Crippen molar-refractivity contribution in [2.24, 2.45) is 0 Å². The van der Waals surface area contributed by atoms with Crippen LogP contribution in [0.25, 0.3) is 10.6 Å². The Labute approximate surface area is 216 Å². The van der Waals surface area contributed by atoms with E-state index in [1.165, 1.54) is 11.3 Å². The van der Waals surface area contributed by atoms with E-state index in [4.69, 9.17) is 9.47 Å². The molecule has 198 valence electrons. The van der Waals surface area contributed by atoms with Gasteiger partial charge in [0.15, 0.2) is 0 Å². The fourth-order valence-electron chi connectivity index (χ4n) is 3.85. The smallest absolute Gasteiger partial charge is 0.451 e. The summed E-state index contributed by atoms with van der Waals surface area (Å²) in [4.78, 5) is 27.6. The van der Waals surface area contributed by atoms with Gasteiger partial charge in [0.1, 0.15) is 23.5 Å². The van der Waals surface area contributed by atoms with Gasteiger partial charge in [-0.3, -0.25) is 9.69 Å². The van der Waals surface area contributed by atoms with Crippen molar-refractivity contribution in [2.45, 2.75) is 39.1 Å². The molecular formula is C25H28F3N5O3S. The van der Waals surface area contributed by atoms with Crippen LogP contribution in [0, 0.1) is 6.92 Å². The van der Waals surface area contributed by atoms with Crippen LogP contribution in [0.5, 0.6) is 5.75 Å². The molecule has 2 aromatic heterocycles. The Balaban J connectivity index is 1.51. The molecule has 1 amide bonds. The number of amides is 1. The maximum Gasteiger partial charge on any atom is 0.451 e. The second-order valence-electron chi connectivity index (χ2n) is 8.75. The molecule has 0 unspecified atom stereocenters. The van der Waals surface area contributed by atoms with Crippen molar-refractivity contribution in [1.82, 2.24) is 25.2 Å². The van der Waals surface area contributed by atoms with Crippen molar-refractivity contribution < 1.29 is 27.4 Å². The van der Waals surface area contributed by atoms with Crippen LogP contribution >= 0.6 is 11.3 Å². The number of likely N-dealkylation sites (N-methyl/N-ethyl adjacent to an activating group) is 1. The summed E-state index contributed by atoms with van der Waals surface area (Å²) in [5, 5.41) is 3.54. The first-order chi connectivity index (χ1) is 17.6. The molecular weight excluding hydrogens is 507 g/mol. The van der Waals surface area contributed by atoms with Crippen molar-refractivity contribution in [3.05, 3.63) is 58.6 Å². The van der Waals surface area contributed by atoms with Crippen LogP contribution in [0.1, 0.15) is 46.5 Å². The first kappa shape index (κ1) is 27.0. The highest BCUT2D eigenvalue weighted by Crippen LogP contribution is 2.30. The molecule has 1 aromatic carbocycles. The second kappa shape index (κ2) is 11.5. The largest absolute Gasteiger partial charge is 0.491 e. The number of nitrogens with zero attached hydrogens (tertiary/aromatic N) is 4. The number of benzene rings is 1. The van der Waals surface area contributed by atoms with Crippen molar-refractivity contribution in [2.75, 3.05) is 32.8 Å². The lowest BCUT2D eigenvalue weighted by Crippen LogP contribution is -2.44. The normalized spacial score (nSPS) is 17.4. The predicted octanol–water partition coefficient (Wildman–Crippen LogP) is 4.52. The predicted molar refractivity (Wildman–Crippen MR) is 133 cm³/mol. The van der Waals surface area contributed by atoms with Gasteiger partial charge in [0.05, 0.1) is 12.6 Å². The third-order valence-corrected chi connectivity index (χ3v) is 6.88. The number of halogens is 3. The van der Waals surface area contributed by atoms with E-state index in [9.17, 15) is 18.0 Å². The van der Waals surface area contributed by atoms with Crippen LogP contribution in [0.2, 0.25) is 0 Å². The van der Waals surface area contributed by atoms with E-state index in [1.807, 2.05) is 13.0 Å². The lowest BCUT2D eigenvalue weighted by Gasteiger charge is -2.31. The fraction of sp³-hybridized carbons (Fsp3) is 0.440. The van der Waals surface area contributed by atoms with Gasteiger partial charge in [0.2, 0.25) is 5.82 Å². The number of nitrogens with one attached hydrogen (secondary N) is 1. The number of aromatic nitrogens is 3. The molecule has 0 bridgehead atoms. The molecule has 1 N–H and O–H groups in total. The second-order valence-corrected chi connectivity index (χ2v) is 9.99. The summed E-state index contributed by atoms with van der Waals surface area (Å²) >= 11 is 1.50. The molecule has 0 saturated carbocycles. The molecule has 0 aliphatic carbocycles. The summed E-state index contributed by atoms with van der Waals surface area (Å²) < 4.78 is 50.2. The Kier molecular flexibility index (Phi) is 8.40. The quantitative estimate of drug-likeness (QED) is 0.454. The minimum Gasteiger partial charge on any atom is -0.491 e. The third-order valence-electron chi connectivity index (χ3n) is 5.92. The van der Waals surface area contributed by atoms with Gasteiger partial charge in [-0.2, -0.15) is 13.2 Å². The van der Waals surface area contributed by atoms with Crippen LogP contribution in [-0.4, -0.2) is 64.7 Å². The molecule has 1 aliphatic rings. The Bertz CT molecular complexity index is 1220. The molecule has 1 fully saturated rings. The topological polar surface area (TPSA) is 89.5 Å². The molecule has 3 aromatic rings. The van der Waals surface area contributed by atoms with Crippen LogP contribution in [0.15, 0.2) is 36.8 Å². The standard InChI is InChI=1S/C25H28F3N5O3S/c1-4-33-5-6-35-21(13-33)14-36-20-8-17(7-18(9-20)23-29-10-15(2)37-23)22(34)32-16(3)19-11-30-24(31-12-19)25(26,27)28/h7-12,16,21H,4-6,13-14H2,1-3H3,(H,32,34)/t16-,21-/m1/s1. The van der Waals surface area contributed by atoms with Gasteiger partial charge < -0.3 is 14.8 Å². The number of rotatable bonds is 8. The third kappa shape index (κ3) is 7.02. The highest BCUT2D eigenvalue weighted by atomic mass is 32.1. The van der Waals surface area contributed by atoms with Crippen molar-refractivity contribution in [3.8, 4) is 16.3 Å². The number of aryl methyl sites for hydroxylation is 1. The van der Waals surface area contributed by atoms with Gasteiger partial charge in [-0.1, -0.05) is 6.92 Å². The van der Waals surface area contributed by atoms with Crippen LogP contribution in [0.3, 0.4) is 0 Å². The lowest BCUT2D eigenvalue weighted by molar-refractivity contribution is -0.145. The van der Waals surface area contributed by atoms with E-state index in [1.54, 1.807) is 25.3 Å². The average molecular weight is 536 g/mol. The van der Waals surface area contributed by atoms with Gasteiger partial charge >= 0.3 is 6.18 Å². The monoisotopic (exact) mass is 535 g/mol. The molecule has 8 nitrogen and oxygen atoms in total. The number of hydrogen-bond donors (Lipinski definition) is 1. The van der Waals surface area contributed by atoms with Gasteiger partial charge in [0.25, 0.3) is 5.91 Å². The molecule has 0 radical (unpaired) electrons. The number of hydrogen-bond acceptors (Lipinski definition) is 8. The van der Waals surface area contributed by atoms with E-state index >= 15 is 0 Å². The van der Waals surface area contributed by atoms with Gasteiger partial charge in [-0.05, 0) is 38.6 Å². The highest BCUT2D eigenvalue weighted by molar-refractivity contribution is 7.14. The zero-order valence-corrected chi connectivity index (χ0v) is 21.5. The fourth-order valence-corrected chi connectivity index (χ4v) is 4.61. The SMILES string of the molecule is CCN1CCO[C@@H](COc2cc(C(=O)N[C@H](C)c3cnc(C(F)(F)F)nc3)cc(-c3ncc(C)s3)c2)C1. The average Bonchev–Trinajstić information content (AvgIpc) is 3.33. The van der Waals surface area contributed by atoms with E-state index < -0.39 is 23.9 Å². The lowest BCUT2D eigenvalue weighted by atomic mass is 10.1. The van der Waals surface area contributed by atoms with Crippen LogP contribution in [0.4, 0.5) is 13.2 Å². The Morgan fingerprint density at radius 1 is 1.24 bits per heavy atom. The minimum atomic E-state index is -4.63. The molecule has 0 spiro atoms. The molecule has 12 heteroatoms. The number of thiazole rings is 1. The van der Waals surface area contributed by atoms with Crippen molar-refractivity contribution in [1.29, 1.82) is 0 Å². The maximum atomic E-state index is 13.1. The summed E-state index contributed by atoms with van der Waals surface area (Å²) in [5.74, 6) is -1.15. The van der Waals surface area contributed by atoms with Gasteiger partial charge in [-0.25, -0.2) is 15.0 Å². The highest BCUT2D eigenvalue weighted by Gasteiger charge is 2.34. The number of morpholine rings is 1. The molecule has 3 heterocycles. The summed E-state index contributed by atoms with van der Waals surface area (Å²) in [7, 11) is 0. The molecule has 37 heavy (non-hydrogen) atoms. The van der Waals surface area contributed by atoms with Gasteiger partial charge in [-0.15, -0.1) is 11.3 Å². The van der Waals surface area contributed by atoms with E-state index in [0.717, 1.165) is 47.5 Å². The van der Waals surface area contributed by atoms with Gasteiger partial charge in [0, 0.05) is 53.2 Å². The minimum absolute atomic E-state index is 0.0866. The van der Waals surface area contributed by atoms with Crippen molar-refractivity contribution in [3.63, 3.8) is 0 Å². The number of carbonyl (C=O) groups excluding carboxylic acids is 1. The summed E-state index contributed by atoms with van der Waals surface area (Å²) in [5.41, 5.74) is 1.41. The summed E-state index contributed by atoms with van der Waals surface area (Å²) in [6.45, 7) is 9.26. The Hall–Kier alpha value is -3.09. The Morgan fingerprint density at radius 2 is 2.00 bits per heavy atom. The van der Waals surface area contributed by atoms with E-state index in [-0.39, 0.29) is 6.10 Å². The summed E-state index contributed by atoms with van der Waals surface area (Å²) in [6, 6.07) is 4.56. The molecule has 1 aliphatic heterocycles. The van der Waals surface area contributed by atoms with Crippen molar-refractivity contribution >= 4 is 17.2 Å². The maximum absolute atomic E-state index is 13.1. The van der Waals surface area contributed by atoms with E-state index in [0.29, 0.717) is 30.1 Å². The van der Waals surface area contributed by atoms with E-state index in [2.05, 4.69) is 32.1 Å². The Morgan fingerprint density at radius 3 is 2.65 bits per heavy atom. The molecule has 1 saturated heterocycles.